The predicted molar refractivity (Wildman–Crippen MR) is 89.7 cm³/mol. The van der Waals surface area contributed by atoms with Crippen LogP contribution in [0.25, 0.3) is 0 Å². The van der Waals surface area contributed by atoms with E-state index in [0.717, 1.165) is 0 Å². The highest BCUT2D eigenvalue weighted by molar-refractivity contribution is 6.11. The van der Waals surface area contributed by atoms with E-state index in [1.807, 2.05) is 12.1 Å². The smallest absolute Gasteiger partial charge is 0.271 e. The van der Waals surface area contributed by atoms with E-state index >= 15 is 0 Å². The van der Waals surface area contributed by atoms with E-state index in [4.69, 9.17) is 0 Å². The van der Waals surface area contributed by atoms with E-state index in [1.165, 1.54) is 24.3 Å². The number of phenolic OH excluding ortho intramolecular Hbond substituents is 1. The molecule has 0 radical (unpaired) electrons. The van der Waals surface area contributed by atoms with Crippen molar-refractivity contribution < 1.29 is 9.90 Å². The second-order valence-corrected chi connectivity index (χ2v) is 4.88. The fraction of sp³-hybridized carbons (Fsp3) is 0. The van der Waals surface area contributed by atoms with Crippen LogP contribution in [-0.4, -0.2) is 26.7 Å². The minimum Gasteiger partial charge on any atom is -0.508 e. The first-order chi connectivity index (χ1) is 11.7. The molecule has 6 heteroatoms. The van der Waals surface area contributed by atoms with E-state index in [2.05, 4.69) is 20.5 Å². The van der Waals surface area contributed by atoms with Crippen LogP contribution < -0.4 is 5.43 Å². The van der Waals surface area contributed by atoms with Gasteiger partial charge in [-0.2, -0.15) is 5.10 Å². The maximum Gasteiger partial charge on any atom is 0.271 e. The van der Waals surface area contributed by atoms with Gasteiger partial charge in [0.2, 0.25) is 0 Å². The van der Waals surface area contributed by atoms with E-state index in [-0.39, 0.29) is 11.7 Å². The van der Waals surface area contributed by atoms with E-state index < -0.39 is 0 Å². The number of amides is 1. The van der Waals surface area contributed by atoms with E-state index in [0.29, 0.717) is 22.7 Å². The zero-order valence-electron chi connectivity index (χ0n) is 12.6. The number of carbonyl (C=O) groups excluding carboxylic acids is 1. The largest absolute Gasteiger partial charge is 0.508 e. The van der Waals surface area contributed by atoms with Crippen LogP contribution in [0.3, 0.4) is 0 Å². The molecule has 6 nitrogen and oxygen atoms in total. The van der Waals surface area contributed by atoms with Crippen molar-refractivity contribution in [2.45, 2.75) is 0 Å². The molecule has 0 fully saturated rings. The van der Waals surface area contributed by atoms with E-state index in [1.54, 1.807) is 36.7 Å². The van der Waals surface area contributed by atoms with Crippen LogP contribution >= 0.6 is 0 Å². The maximum atomic E-state index is 12.2. The lowest BCUT2D eigenvalue weighted by atomic mass is 10.1. The van der Waals surface area contributed by atoms with Crippen LogP contribution in [0.2, 0.25) is 0 Å². The number of hydrogen-bond acceptors (Lipinski definition) is 5. The molecule has 1 amide bonds. The average Bonchev–Trinajstić information content (AvgIpc) is 2.64. The van der Waals surface area contributed by atoms with Crippen LogP contribution in [0.4, 0.5) is 0 Å². The highest BCUT2D eigenvalue weighted by Crippen LogP contribution is 2.10. The number of rotatable bonds is 4. The van der Waals surface area contributed by atoms with E-state index in [9.17, 15) is 9.90 Å². The van der Waals surface area contributed by atoms with Crippen LogP contribution in [0, 0.1) is 0 Å². The molecule has 2 aromatic heterocycles. The Kier molecular flexibility index (Phi) is 4.57. The molecule has 1 aromatic carbocycles. The molecule has 118 valence electrons. The number of pyridine rings is 2. The van der Waals surface area contributed by atoms with Crippen molar-refractivity contribution in [2.24, 2.45) is 5.10 Å². The molecule has 0 unspecified atom stereocenters. The molecule has 0 atom stereocenters. The second-order valence-electron chi connectivity index (χ2n) is 4.88. The Bertz CT molecular complexity index is 806. The summed E-state index contributed by atoms with van der Waals surface area (Å²) >= 11 is 0. The summed E-state index contributed by atoms with van der Waals surface area (Å²) in [4.78, 5) is 20.7. The summed E-state index contributed by atoms with van der Waals surface area (Å²) in [7, 11) is 0. The summed E-state index contributed by atoms with van der Waals surface area (Å²) in [5, 5.41) is 13.5. The van der Waals surface area contributed by atoms with Crippen molar-refractivity contribution in [1.29, 1.82) is 0 Å². The van der Waals surface area contributed by atoms with Crippen molar-refractivity contribution in [3.63, 3.8) is 0 Å². The molecule has 3 aromatic rings. The lowest BCUT2D eigenvalue weighted by Gasteiger charge is -2.06. The zero-order chi connectivity index (χ0) is 16.8. The number of hydrogen-bond donors (Lipinski definition) is 2. The van der Waals surface area contributed by atoms with Gasteiger partial charge in [-0.05, 0) is 48.5 Å². The quantitative estimate of drug-likeness (QED) is 0.571. The van der Waals surface area contributed by atoms with Crippen molar-refractivity contribution in [3.05, 3.63) is 90.0 Å². The van der Waals surface area contributed by atoms with Gasteiger partial charge in [-0.3, -0.25) is 14.8 Å². The molecule has 2 heterocycles. The number of benzene rings is 1. The standard InChI is InChI=1S/C18H14N4O2/c23-14-9-7-13(8-10-14)18(24)22-21-17(15-5-1-3-11-19-15)16-6-2-4-12-20-16/h1-12,23H,(H,22,24). The van der Waals surface area contributed by atoms with Crippen molar-refractivity contribution in [1.82, 2.24) is 15.4 Å². The van der Waals surface area contributed by atoms with Gasteiger partial charge in [-0.25, -0.2) is 5.43 Å². The van der Waals surface area contributed by atoms with Gasteiger partial charge in [-0.15, -0.1) is 0 Å². The summed E-state index contributed by atoms with van der Waals surface area (Å²) in [5.41, 5.74) is 4.55. The molecule has 0 bridgehead atoms. The number of nitrogens with one attached hydrogen (secondary N) is 1. The molecule has 2 N–H and O–H groups in total. The lowest BCUT2D eigenvalue weighted by Crippen LogP contribution is -2.21. The van der Waals surface area contributed by atoms with Gasteiger partial charge in [0.15, 0.2) is 0 Å². The molecule has 0 aliphatic carbocycles. The summed E-state index contributed by atoms with van der Waals surface area (Å²) in [5.74, 6) is -0.294. The van der Waals surface area contributed by atoms with Gasteiger partial charge in [0.25, 0.3) is 5.91 Å². The normalized spacial score (nSPS) is 10.0. The number of aromatic hydroxyl groups is 1. The molecule has 0 aliphatic rings. The molecule has 3 rings (SSSR count). The van der Waals surface area contributed by atoms with Gasteiger partial charge in [0, 0.05) is 18.0 Å². The number of hydrazone groups is 1. The second kappa shape index (κ2) is 7.15. The number of aromatic nitrogens is 2. The minimum atomic E-state index is -0.389. The fourth-order valence-corrected chi connectivity index (χ4v) is 2.04. The molecular weight excluding hydrogens is 304 g/mol. The molecular formula is C18H14N4O2. The van der Waals surface area contributed by atoms with Gasteiger partial charge in [0.05, 0.1) is 11.4 Å². The third-order valence-corrected chi connectivity index (χ3v) is 3.21. The Balaban J connectivity index is 1.90. The third kappa shape index (κ3) is 3.61. The Labute approximate surface area is 138 Å². The van der Waals surface area contributed by atoms with Gasteiger partial charge < -0.3 is 5.11 Å². The van der Waals surface area contributed by atoms with Crippen LogP contribution in [0.5, 0.6) is 5.75 Å². The van der Waals surface area contributed by atoms with Crippen LogP contribution in [0.1, 0.15) is 21.7 Å². The number of phenols is 1. The molecule has 0 saturated heterocycles. The van der Waals surface area contributed by atoms with Gasteiger partial charge in [-0.1, -0.05) is 12.1 Å². The topological polar surface area (TPSA) is 87.5 Å². The Hall–Kier alpha value is -3.54. The Morgan fingerprint density at radius 3 is 1.96 bits per heavy atom. The molecule has 24 heavy (non-hydrogen) atoms. The third-order valence-electron chi connectivity index (χ3n) is 3.21. The Morgan fingerprint density at radius 2 is 1.46 bits per heavy atom. The fourth-order valence-electron chi connectivity index (χ4n) is 2.04. The van der Waals surface area contributed by atoms with Crippen molar-refractivity contribution >= 4 is 11.6 Å². The van der Waals surface area contributed by atoms with Crippen molar-refractivity contribution in [3.8, 4) is 5.75 Å². The average molecular weight is 318 g/mol. The zero-order valence-corrected chi connectivity index (χ0v) is 12.6. The first-order valence-electron chi connectivity index (χ1n) is 7.24. The molecule has 0 aliphatic heterocycles. The number of carbonyl (C=O) groups is 1. The minimum absolute atomic E-state index is 0.0951. The first-order valence-corrected chi connectivity index (χ1v) is 7.24. The molecule has 0 spiro atoms. The monoisotopic (exact) mass is 318 g/mol. The summed E-state index contributed by atoms with van der Waals surface area (Å²) < 4.78 is 0. The Morgan fingerprint density at radius 1 is 0.875 bits per heavy atom. The summed E-state index contributed by atoms with van der Waals surface area (Å²) in [6.45, 7) is 0. The summed E-state index contributed by atoms with van der Waals surface area (Å²) in [6, 6.07) is 16.8. The highest BCUT2D eigenvalue weighted by atomic mass is 16.3. The summed E-state index contributed by atoms with van der Waals surface area (Å²) in [6.07, 6.45) is 3.30. The maximum absolute atomic E-state index is 12.2. The predicted octanol–water partition coefficient (Wildman–Crippen LogP) is 2.36. The first kappa shape index (κ1) is 15.4. The van der Waals surface area contributed by atoms with Crippen LogP contribution in [-0.2, 0) is 0 Å². The van der Waals surface area contributed by atoms with Gasteiger partial charge >= 0.3 is 0 Å². The SMILES string of the molecule is O=C(NN=C(c1ccccn1)c1ccccn1)c1ccc(O)cc1. The van der Waals surface area contributed by atoms with Gasteiger partial charge in [0.1, 0.15) is 11.5 Å². The lowest BCUT2D eigenvalue weighted by molar-refractivity contribution is 0.0955. The van der Waals surface area contributed by atoms with Crippen molar-refractivity contribution in [2.75, 3.05) is 0 Å². The number of nitrogens with zero attached hydrogens (tertiary/aromatic N) is 3. The highest BCUT2D eigenvalue weighted by Gasteiger charge is 2.11. The molecule has 0 saturated carbocycles. The van der Waals surface area contributed by atoms with Crippen LogP contribution in [0.15, 0.2) is 78.2 Å².